The minimum absolute atomic E-state index is 0.0947. The summed E-state index contributed by atoms with van der Waals surface area (Å²) >= 11 is 5.87. The first-order valence-electron chi connectivity index (χ1n) is 11.7. The van der Waals surface area contributed by atoms with Gasteiger partial charge in [0.2, 0.25) is 0 Å². The molecule has 3 aromatic heterocycles. The summed E-state index contributed by atoms with van der Waals surface area (Å²) in [5.74, 6) is -2.59. The Morgan fingerprint density at radius 2 is 1.84 bits per heavy atom. The van der Waals surface area contributed by atoms with E-state index in [2.05, 4.69) is 15.0 Å². The van der Waals surface area contributed by atoms with Gasteiger partial charge in [-0.1, -0.05) is 13.8 Å². The number of fused-ring (bicyclic) bond motifs is 2. The van der Waals surface area contributed by atoms with Crippen LogP contribution < -0.4 is 5.56 Å². The minimum Gasteiger partial charge on any atom is -0.310 e. The zero-order valence-electron chi connectivity index (χ0n) is 20.3. The number of pyridine rings is 1. The Balaban J connectivity index is 1.83. The molecular weight excluding hydrogens is 494 g/mol. The van der Waals surface area contributed by atoms with Crippen LogP contribution in [0.5, 0.6) is 0 Å². The number of aryl methyl sites for hydroxylation is 2. The number of rotatable bonds is 5. The van der Waals surface area contributed by atoms with Gasteiger partial charge in [0.15, 0.2) is 10.4 Å². The van der Waals surface area contributed by atoms with E-state index in [1.807, 2.05) is 32.0 Å². The number of aromatic amines is 1. The van der Waals surface area contributed by atoms with Gasteiger partial charge in [0, 0.05) is 30.3 Å². The number of nitrogens with one attached hydrogen (secondary N) is 1. The van der Waals surface area contributed by atoms with Gasteiger partial charge in [-0.15, -0.1) is 0 Å². The number of aromatic nitrogens is 5. The molecule has 0 amide bonds. The molecule has 5 rings (SSSR count). The van der Waals surface area contributed by atoms with Crippen LogP contribution in [-0.2, 0) is 12.3 Å². The molecule has 10 heteroatoms. The van der Waals surface area contributed by atoms with E-state index in [4.69, 9.17) is 12.2 Å². The molecule has 186 valence electrons. The minimum atomic E-state index is -3.19. The van der Waals surface area contributed by atoms with Crippen molar-refractivity contribution in [2.24, 2.45) is 0 Å². The number of H-pyrrole nitrogens is 1. The third-order valence-electron chi connectivity index (χ3n) is 6.48. The van der Waals surface area contributed by atoms with E-state index < -0.39 is 12.3 Å². The molecule has 0 saturated carbocycles. The van der Waals surface area contributed by atoms with Gasteiger partial charge in [0.25, 0.3) is 11.5 Å². The van der Waals surface area contributed by atoms with Crippen LogP contribution in [0.25, 0.3) is 33.4 Å². The Bertz CT molecular complexity index is 1860. The lowest BCUT2D eigenvalue weighted by Gasteiger charge is -2.17. The molecule has 37 heavy (non-hydrogen) atoms. The molecule has 3 heterocycles. The van der Waals surface area contributed by atoms with E-state index >= 15 is 0 Å². The molecular formula is C27H22F2N6OS. The molecule has 5 aromatic rings. The third kappa shape index (κ3) is 3.92. The van der Waals surface area contributed by atoms with Gasteiger partial charge in [-0.3, -0.25) is 13.9 Å². The van der Waals surface area contributed by atoms with Gasteiger partial charge in [-0.25, -0.2) is 18.7 Å². The maximum atomic E-state index is 14.8. The molecule has 0 aliphatic rings. The average molecular weight is 517 g/mol. The Morgan fingerprint density at radius 3 is 2.54 bits per heavy atom. The summed E-state index contributed by atoms with van der Waals surface area (Å²) < 4.78 is 33.2. The maximum absolute atomic E-state index is 14.8. The van der Waals surface area contributed by atoms with Crippen LogP contribution in [0.1, 0.15) is 42.8 Å². The van der Waals surface area contributed by atoms with Gasteiger partial charge < -0.3 is 4.98 Å². The second-order valence-electron chi connectivity index (χ2n) is 8.72. The quantitative estimate of drug-likeness (QED) is 0.288. The van der Waals surface area contributed by atoms with Crippen molar-refractivity contribution in [3.63, 3.8) is 0 Å². The number of halogens is 2. The molecule has 0 atom stereocenters. The molecule has 0 fully saturated rings. The van der Waals surface area contributed by atoms with E-state index in [1.54, 1.807) is 33.5 Å². The number of imidazole rings is 1. The summed E-state index contributed by atoms with van der Waals surface area (Å²) in [6.45, 7) is 5.18. The van der Waals surface area contributed by atoms with E-state index in [9.17, 15) is 18.8 Å². The number of nitrogens with zero attached hydrogens (tertiary/aromatic N) is 5. The van der Waals surface area contributed by atoms with Crippen LogP contribution >= 0.6 is 12.2 Å². The number of benzene rings is 2. The Hall–Kier alpha value is -4.23. The lowest BCUT2D eigenvalue weighted by atomic mass is 9.99. The molecule has 0 spiro atoms. The van der Waals surface area contributed by atoms with E-state index in [-0.39, 0.29) is 21.5 Å². The van der Waals surface area contributed by atoms with Gasteiger partial charge in [-0.2, -0.15) is 5.26 Å². The van der Waals surface area contributed by atoms with E-state index in [0.29, 0.717) is 45.7 Å². The van der Waals surface area contributed by atoms with E-state index in [0.717, 1.165) is 5.56 Å². The standard InChI is InChI=1S/C27H22F2N6OS/c1-4-22-32-21-9-8-17(12-19(21)25(36)33-22)34-23-15(3)10-11-31-24(23)35(26(34)37)18-7-6-16(14-30)20(13-18)27(28,29)5-2/h6-13H,4-5H2,1-3H3,(H,32,33,36). The van der Waals surface area contributed by atoms with Gasteiger partial charge in [0.1, 0.15) is 5.82 Å². The van der Waals surface area contributed by atoms with Crippen molar-refractivity contribution in [2.45, 2.75) is 39.5 Å². The molecule has 0 unspecified atom stereocenters. The normalized spacial score (nSPS) is 11.8. The smallest absolute Gasteiger partial charge is 0.274 e. The van der Waals surface area contributed by atoms with Crippen molar-refractivity contribution in [1.29, 1.82) is 5.26 Å². The second kappa shape index (κ2) is 9.01. The average Bonchev–Trinajstić information content (AvgIpc) is 3.20. The molecule has 7 nitrogen and oxygen atoms in total. The number of hydrogen-bond acceptors (Lipinski definition) is 5. The Morgan fingerprint density at radius 1 is 1.11 bits per heavy atom. The fourth-order valence-corrected chi connectivity index (χ4v) is 4.87. The van der Waals surface area contributed by atoms with Crippen LogP contribution in [0.4, 0.5) is 8.78 Å². The van der Waals surface area contributed by atoms with Crippen LogP contribution in [-0.4, -0.2) is 24.1 Å². The summed E-state index contributed by atoms with van der Waals surface area (Å²) in [7, 11) is 0. The van der Waals surface area contributed by atoms with Crippen molar-refractivity contribution in [1.82, 2.24) is 24.1 Å². The second-order valence-corrected chi connectivity index (χ2v) is 9.09. The Labute approximate surface area is 215 Å². The molecule has 1 N–H and O–H groups in total. The first-order chi connectivity index (χ1) is 17.7. The van der Waals surface area contributed by atoms with Crippen molar-refractivity contribution < 1.29 is 8.78 Å². The zero-order chi connectivity index (χ0) is 26.5. The fourth-order valence-electron chi connectivity index (χ4n) is 4.48. The van der Waals surface area contributed by atoms with Crippen LogP contribution in [0.3, 0.4) is 0 Å². The van der Waals surface area contributed by atoms with Gasteiger partial charge in [0.05, 0.1) is 33.7 Å². The van der Waals surface area contributed by atoms with Crippen LogP contribution in [0.15, 0.2) is 53.5 Å². The highest BCUT2D eigenvalue weighted by Gasteiger charge is 2.32. The molecule has 0 bridgehead atoms. The highest BCUT2D eigenvalue weighted by molar-refractivity contribution is 7.71. The van der Waals surface area contributed by atoms with E-state index in [1.165, 1.54) is 19.1 Å². The Kier molecular flexibility index (Phi) is 5.96. The summed E-state index contributed by atoms with van der Waals surface area (Å²) in [4.78, 5) is 24.6. The fraction of sp³-hybridized carbons (Fsp3) is 0.222. The number of nitriles is 1. The molecule has 2 aromatic carbocycles. The van der Waals surface area contributed by atoms with Crippen LogP contribution in [0.2, 0.25) is 0 Å². The lowest BCUT2D eigenvalue weighted by molar-refractivity contribution is -0.00855. The van der Waals surface area contributed by atoms with Crippen molar-refractivity contribution in [3.8, 4) is 17.4 Å². The van der Waals surface area contributed by atoms with Crippen molar-refractivity contribution in [3.05, 3.63) is 86.3 Å². The summed E-state index contributed by atoms with van der Waals surface area (Å²) in [6, 6.07) is 13.2. The van der Waals surface area contributed by atoms with Crippen molar-refractivity contribution in [2.75, 3.05) is 0 Å². The molecule has 0 radical (unpaired) electrons. The molecule has 0 aliphatic heterocycles. The van der Waals surface area contributed by atoms with Gasteiger partial charge >= 0.3 is 0 Å². The third-order valence-corrected chi connectivity index (χ3v) is 6.84. The molecule has 0 aliphatic carbocycles. The highest BCUT2D eigenvalue weighted by Crippen LogP contribution is 2.36. The molecule has 0 saturated heterocycles. The predicted octanol–water partition coefficient (Wildman–Crippen LogP) is 6.03. The maximum Gasteiger partial charge on any atom is 0.274 e. The number of hydrogen-bond donors (Lipinski definition) is 1. The number of alkyl halides is 2. The summed E-state index contributed by atoms with van der Waals surface area (Å²) in [5, 5.41) is 9.84. The van der Waals surface area contributed by atoms with Crippen LogP contribution in [0, 0.1) is 23.0 Å². The summed E-state index contributed by atoms with van der Waals surface area (Å²) in [5.41, 5.74) is 2.83. The predicted molar refractivity (Wildman–Crippen MR) is 140 cm³/mol. The topological polar surface area (TPSA) is 92.3 Å². The first kappa shape index (κ1) is 24.5. The summed E-state index contributed by atoms with van der Waals surface area (Å²) in [6.07, 6.45) is 1.77. The largest absolute Gasteiger partial charge is 0.310 e. The zero-order valence-corrected chi connectivity index (χ0v) is 21.2. The first-order valence-corrected chi connectivity index (χ1v) is 12.2. The monoisotopic (exact) mass is 516 g/mol. The van der Waals surface area contributed by atoms with Gasteiger partial charge in [-0.05, 0) is 67.2 Å². The SMILES string of the molecule is CCc1nc2ccc(-n3c(=S)n(-c4ccc(C#N)c(C(F)(F)CC)c4)c4nccc(C)c43)cc2c(=O)[nH]1. The van der Waals surface area contributed by atoms with Crippen molar-refractivity contribution >= 4 is 34.3 Å². The highest BCUT2D eigenvalue weighted by atomic mass is 32.1. The lowest BCUT2D eigenvalue weighted by Crippen LogP contribution is -2.14.